The van der Waals surface area contributed by atoms with Crippen LogP contribution in [0, 0.1) is 0 Å². The predicted molar refractivity (Wildman–Crippen MR) is 240 cm³/mol. The van der Waals surface area contributed by atoms with Gasteiger partial charge in [-0.2, -0.15) is 0 Å². The number of hydrogen-bond donors (Lipinski definition) is 0. The van der Waals surface area contributed by atoms with E-state index in [1.54, 1.807) is 0 Å². The summed E-state index contributed by atoms with van der Waals surface area (Å²) < 4.78 is 11.2. The fourth-order valence-electron chi connectivity index (χ4n) is 9.27. The summed E-state index contributed by atoms with van der Waals surface area (Å²) in [6.45, 7) is 0. The highest BCUT2D eigenvalue weighted by Crippen LogP contribution is 2.49. The van der Waals surface area contributed by atoms with Crippen molar-refractivity contribution in [3.8, 4) is 57.0 Å². The first kappa shape index (κ1) is 32.0. The Hall–Kier alpha value is -8.09. The van der Waals surface area contributed by atoms with Gasteiger partial charge in [0, 0.05) is 38.5 Å². The molecular formula is C53H31N5O. The van der Waals surface area contributed by atoms with Gasteiger partial charge in [0.1, 0.15) is 5.65 Å². The molecule has 0 saturated heterocycles. The van der Waals surface area contributed by atoms with Gasteiger partial charge in [0.05, 0.1) is 16.7 Å². The minimum atomic E-state index is 0.609. The Kier molecular flexibility index (Phi) is 6.63. The standard InChI is InChI=1S/C53H31N5O/c1-2-15-37(16-3-1)57-45-31-36(28-29-41(45)48-42-20-11-23-47-49(42)58(53(48)57)44-21-8-9-22-46(44)59-47)51-54-50(55-52(56-51)40-19-10-14-32-12-4-6-17-38(32)40)35-27-26-34-25-24-33-13-5-7-18-39(33)43(34)30-35/h1-31H. The first-order valence-corrected chi connectivity index (χ1v) is 19.9. The van der Waals surface area contributed by atoms with Crippen LogP contribution in [0.3, 0.4) is 0 Å². The minimum Gasteiger partial charge on any atom is -0.453 e. The lowest BCUT2D eigenvalue weighted by molar-refractivity contribution is 0.476. The normalized spacial score (nSPS) is 12.2. The minimum absolute atomic E-state index is 0.609. The van der Waals surface area contributed by atoms with Crippen molar-refractivity contribution in [1.29, 1.82) is 0 Å². The fourth-order valence-corrected chi connectivity index (χ4v) is 9.27. The Labute approximate surface area is 337 Å². The topological polar surface area (TPSA) is 57.8 Å². The zero-order valence-corrected chi connectivity index (χ0v) is 31.5. The van der Waals surface area contributed by atoms with Crippen LogP contribution in [0.4, 0.5) is 0 Å². The Bertz CT molecular complexity index is 3710. The molecule has 1 aliphatic rings. The molecule has 0 atom stereocenters. The number of benzene rings is 9. The van der Waals surface area contributed by atoms with Crippen LogP contribution in [0.2, 0.25) is 0 Å². The van der Waals surface area contributed by atoms with Crippen molar-refractivity contribution in [1.82, 2.24) is 24.1 Å². The number of hydrogen-bond acceptors (Lipinski definition) is 4. The molecule has 9 aromatic carbocycles. The average molecular weight is 754 g/mol. The molecule has 13 rings (SSSR count). The van der Waals surface area contributed by atoms with Crippen LogP contribution in [0.5, 0.6) is 11.5 Å². The van der Waals surface area contributed by atoms with E-state index in [4.69, 9.17) is 19.7 Å². The van der Waals surface area contributed by atoms with E-state index in [1.165, 1.54) is 26.9 Å². The van der Waals surface area contributed by atoms with Crippen molar-refractivity contribution in [3.05, 3.63) is 188 Å². The molecule has 3 aromatic heterocycles. The van der Waals surface area contributed by atoms with Crippen LogP contribution in [-0.4, -0.2) is 24.1 Å². The summed E-state index contributed by atoms with van der Waals surface area (Å²) in [6.07, 6.45) is 0. The van der Waals surface area contributed by atoms with Gasteiger partial charge >= 0.3 is 0 Å². The summed E-state index contributed by atoms with van der Waals surface area (Å²) in [7, 11) is 0. The maximum Gasteiger partial charge on any atom is 0.164 e. The SMILES string of the molecule is c1ccc(-n2c3cc(-c4nc(-c5ccc6ccc7ccccc7c6c5)nc(-c5cccc6ccccc56)n4)ccc3c3c4cccc5c4n(c32)-c2ccccc2O5)cc1. The molecule has 0 unspecified atom stereocenters. The summed E-state index contributed by atoms with van der Waals surface area (Å²) in [6, 6.07) is 66.0. The van der Waals surface area contributed by atoms with Gasteiger partial charge < -0.3 is 4.74 Å². The molecule has 6 heteroatoms. The van der Waals surface area contributed by atoms with Gasteiger partial charge in [0.2, 0.25) is 0 Å². The van der Waals surface area contributed by atoms with Crippen molar-refractivity contribution < 1.29 is 4.74 Å². The molecule has 0 spiro atoms. The van der Waals surface area contributed by atoms with E-state index in [2.05, 4.69) is 185 Å². The van der Waals surface area contributed by atoms with Gasteiger partial charge in [-0.1, -0.05) is 146 Å². The number of aromatic nitrogens is 5. The van der Waals surface area contributed by atoms with Gasteiger partial charge in [-0.3, -0.25) is 9.13 Å². The number of para-hydroxylation sites is 4. The maximum absolute atomic E-state index is 6.50. The van der Waals surface area contributed by atoms with Crippen LogP contribution in [0.1, 0.15) is 0 Å². The Morgan fingerprint density at radius 3 is 1.86 bits per heavy atom. The second-order valence-corrected chi connectivity index (χ2v) is 15.2. The van der Waals surface area contributed by atoms with Gasteiger partial charge in [-0.15, -0.1) is 0 Å². The lowest BCUT2D eigenvalue weighted by Gasteiger charge is -2.21. The predicted octanol–water partition coefficient (Wildman–Crippen LogP) is 13.5. The van der Waals surface area contributed by atoms with Crippen LogP contribution < -0.4 is 4.74 Å². The third kappa shape index (κ3) is 4.71. The molecule has 6 nitrogen and oxygen atoms in total. The first-order valence-electron chi connectivity index (χ1n) is 19.9. The van der Waals surface area contributed by atoms with Crippen molar-refractivity contribution in [2.24, 2.45) is 0 Å². The van der Waals surface area contributed by atoms with E-state index in [9.17, 15) is 0 Å². The van der Waals surface area contributed by atoms with Crippen molar-refractivity contribution >= 4 is 65.2 Å². The zero-order valence-electron chi connectivity index (χ0n) is 31.5. The molecule has 1 aliphatic heterocycles. The van der Waals surface area contributed by atoms with Crippen LogP contribution >= 0.6 is 0 Å². The molecular weight excluding hydrogens is 723 g/mol. The van der Waals surface area contributed by atoms with Crippen LogP contribution in [0.15, 0.2) is 188 Å². The molecule has 59 heavy (non-hydrogen) atoms. The zero-order chi connectivity index (χ0) is 38.6. The molecule has 0 saturated carbocycles. The summed E-state index contributed by atoms with van der Waals surface area (Å²) in [5.74, 6) is 3.55. The van der Waals surface area contributed by atoms with Crippen molar-refractivity contribution in [2.45, 2.75) is 0 Å². The number of rotatable bonds is 4. The molecule has 12 aromatic rings. The van der Waals surface area contributed by atoms with Gasteiger partial charge in [-0.25, -0.2) is 15.0 Å². The monoisotopic (exact) mass is 753 g/mol. The van der Waals surface area contributed by atoms with Gasteiger partial charge in [-0.05, 0) is 74.8 Å². The lowest BCUT2D eigenvalue weighted by atomic mass is 9.99. The summed E-state index contributed by atoms with van der Waals surface area (Å²) >= 11 is 0. The molecule has 0 fully saturated rings. The smallest absolute Gasteiger partial charge is 0.164 e. The fraction of sp³-hybridized carbons (Fsp3) is 0. The molecule has 0 amide bonds. The largest absolute Gasteiger partial charge is 0.453 e. The molecule has 4 heterocycles. The molecule has 274 valence electrons. The number of nitrogens with zero attached hydrogens (tertiary/aromatic N) is 5. The van der Waals surface area contributed by atoms with Crippen molar-refractivity contribution in [2.75, 3.05) is 0 Å². The molecule has 0 radical (unpaired) electrons. The molecule has 0 aliphatic carbocycles. The average Bonchev–Trinajstić information content (AvgIpc) is 3.82. The first-order chi connectivity index (χ1) is 29.2. The highest BCUT2D eigenvalue weighted by molar-refractivity contribution is 6.24. The Morgan fingerprint density at radius 1 is 0.390 bits per heavy atom. The van der Waals surface area contributed by atoms with Crippen molar-refractivity contribution in [3.63, 3.8) is 0 Å². The number of fused-ring (bicyclic) bond motifs is 11. The van der Waals surface area contributed by atoms with E-state index >= 15 is 0 Å². The summed E-state index contributed by atoms with van der Waals surface area (Å²) in [4.78, 5) is 15.8. The van der Waals surface area contributed by atoms with Crippen LogP contribution in [-0.2, 0) is 0 Å². The molecule has 0 bridgehead atoms. The van der Waals surface area contributed by atoms with Gasteiger partial charge in [0.25, 0.3) is 0 Å². The second kappa shape index (κ2) is 12.2. The van der Waals surface area contributed by atoms with E-state index < -0.39 is 0 Å². The van der Waals surface area contributed by atoms with Crippen LogP contribution in [0.25, 0.3) is 111 Å². The molecule has 0 N–H and O–H groups in total. The Balaban J connectivity index is 1.10. The summed E-state index contributed by atoms with van der Waals surface area (Å²) in [5.41, 5.74) is 8.08. The summed E-state index contributed by atoms with van der Waals surface area (Å²) in [5, 5.41) is 10.4. The van der Waals surface area contributed by atoms with E-state index in [-0.39, 0.29) is 0 Å². The van der Waals surface area contributed by atoms with E-state index in [0.29, 0.717) is 17.5 Å². The lowest BCUT2D eigenvalue weighted by Crippen LogP contribution is -2.07. The Morgan fingerprint density at radius 2 is 1.00 bits per heavy atom. The highest BCUT2D eigenvalue weighted by Gasteiger charge is 2.29. The van der Waals surface area contributed by atoms with Gasteiger partial charge in [0.15, 0.2) is 29.0 Å². The second-order valence-electron chi connectivity index (χ2n) is 15.2. The maximum atomic E-state index is 6.50. The van der Waals surface area contributed by atoms with E-state index in [0.717, 1.165) is 77.8 Å². The quantitative estimate of drug-likeness (QED) is 0.168. The third-order valence-corrected chi connectivity index (χ3v) is 11.9. The van der Waals surface area contributed by atoms with E-state index in [1.807, 2.05) is 12.1 Å². The third-order valence-electron chi connectivity index (χ3n) is 11.9. The highest BCUT2D eigenvalue weighted by atomic mass is 16.5. The number of ether oxygens (including phenoxy) is 1.